The molecule has 138 valence electrons. The van der Waals surface area contributed by atoms with E-state index in [1.807, 2.05) is 29.2 Å². The van der Waals surface area contributed by atoms with Crippen molar-refractivity contribution in [3.8, 4) is 5.75 Å². The second-order valence-electron chi connectivity index (χ2n) is 7.27. The lowest BCUT2D eigenvalue weighted by Crippen LogP contribution is -2.44. The maximum atomic E-state index is 12.4. The molecule has 0 radical (unpaired) electrons. The molecule has 0 aliphatic carbocycles. The summed E-state index contributed by atoms with van der Waals surface area (Å²) in [6.45, 7) is 2.89. The van der Waals surface area contributed by atoms with Crippen molar-refractivity contribution in [3.05, 3.63) is 48.7 Å². The molecule has 2 aromatic rings. The van der Waals surface area contributed by atoms with Crippen molar-refractivity contribution in [1.82, 2.24) is 9.88 Å². The van der Waals surface area contributed by atoms with E-state index in [-0.39, 0.29) is 17.4 Å². The van der Waals surface area contributed by atoms with Gasteiger partial charge in [0.1, 0.15) is 18.1 Å². The van der Waals surface area contributed by atoms with Gasteiger partial charge < -0.3 is 18.8 Å². The number of amides is 1. The SMILES string of the molecule is O=C(Cc1ccco1)N1CCC2(CC1)CO[C@@H](COc1cccnc1)C2. The zero-order valence-electron chi connectivity index (χ0n) is 14.8. The van der Waals surface area contributed by atoms with E-state index in [1.54, 1.807) is 18.7 Å². The molecule has 2 saturated heterocycles. The number of carbonyl (C=O) groups excluding carboxylic acids is 1. The largest absolute Gasteiger partial charge is 0.489 e. The average molecular weight is 356 g/mol. The average Bonchev–Trinajstić information content (AvgIpc) is 3.32. The normalized spacial score (nSPS) is 21.8. The number of hydrogen-bond acceptors (Lipinski definition) is 5. The van der Waals surface area contributed by atoms with Crippen LogP contribution in [0.4, 0.5) is 0 Å². The summed E-state index contributed by atoms with van der Waals surface area (Å²) in [6, 6.07) is 7.43. The van der Waals surface area contributed by atoms with Crippen molar-refractivity contribution in [2.24, 2.45) is 5.41 Å². The number of pyridine rings is 1. The number of furan rings is 1. The smallest absolute Gasteiger partial charge is 0.230 e. The first-order chi connectivity index (χ1) is 12.7. The Hall–Kier alpha value is -2.34. The molecule has 1 atom stereocenters. The van der Waals surface area contributed by atoms with Crippen molar-refractivity contribution in [1.29, 1.82) is 0 Å². The number of carbonyl (C=O) groups is 1. The van der Waals surface area contributed by atoms with Crippen LogP contribution in [0.3, 0.4) is 0 Å². The summed E-state index contributed by atoms with van der Waals surface area (Å²) in [5.74, 6) is 1.65. The van der Waals surface area contributed by atoms with Gasteiger partial charge in [-0.05, 0) is 48.9 Å². The summed E-state index contributed by atoms with van der Waals surface area (Å²) in [7, 11) is 0. The number of rotatable bonds is 5. The maximum absolute atomic E-state index is 12.4. The summed E-state index contributed by atoms with van der Waals surface area (Å²) in [5.41, 5.74) is 0.185. The van der Waals surface area contributed by atoms with Crippen molar-refractivity contribution in [2.75, 3.05) is 26.3 Å². The molecule has 0 aromatic carbocycles. The van der Waals surface area contributed by atoms with Gasteiger partial charge in [0, 0.05) is 19.3 Å². The van der Waals surface area contributed by atoms with Crippen molar-refractivity contribution < 1.29 is 18.7 Å². The quantitative estimate of drug-likeness (QED) is 0.824. The molecule has 2 aliphatic rings. The lowest BCUT2D eigenvalue weighted by Gasteiger charge is -2.38. The van der Waals surface area contributed by atoms with E-state index < -0.39 is 0 Å². The van der Waals surface area contributed by atoms with E-state index in [0.717, 1.165) is 50.5 Å². The van der Waals surface area contributed by atoms with E-state index >= 15 is 0 Å². The van der Waals surface area contributed by atoms with Gasteiger partial charge >= 0.3 is 0 Å². The Morgan fingerprint density at radius 1 is 1.31 bits per heavy atom. The van der Waals surface area contributed by atoms with Crippen LogP contribution in [-0.2, 0) is 16.0 Å². The fraction of sp³-hybridized carbons (Fsp3) is 0.500. The predicted octanol–water partition coefficient (Wildman–Crippen LogP) is 2.69. The lowest BCUT2D eigenvalue weighted by atomic mass is 9.76. The molecular formula is C20H24N2O4. The second kappa shape index (κ2) is 7.50. The number of hydrogen-bond donors (Lipinski definition) is 0. The van der Waals surface area contributed by atoms with Gasteiger partial charge in [-0.15, -0.1) is 0 Å². The molecule has 1 amide bonds. The summed E-state index contributed by atoms with van der Waals surface area (Å²) >= 11 is 0. The van der Waals surface area contributed by atoms with Gasteiger partial charge in [-0.3, -0.25) is 9.78 Å². The molecule has 0 bridgehead atoms. The number of aromatic nitrogens is 1. The Kier molecular flexibility index (Phi) is 4.93. The Labute approximate surface area is 153 Å². The van der Waals surface area contributed by atoms with Gasteiger partial charge in [0.15, 0.2) is 0 Å². The van der Waals surface area contributed by atoms with Crippen LogP contribution in [0, 0.1) is 5.41 Å². The molecule has 6 nitrogen and oxygen atoms in total. The monoisotopic (exact) mass is 356 g/mol. The molecule has 4 heterocycles. The highest BCUT2D eigenvalue weighted by Gasteiger charge is 2.43. The highest BCUT2D eigenvalue weighted by molar-refractivity contribution is 5.78. The second-order valence-corrected chi connectivity index (χ2v) is 7.27. The molecule has 2 aromatic heterocycles. The minimum absolute atomic E-state index is 0.112. The molecule has 2 fully saturated rings. The third-order valence-electron chi connectivity index (χ3n) is 5.44. The molecular weight excluding hydrogens is 332 g/mol. The van der Waals surface area contributed by atoms with Crippen LogP contribution in [0.5, 0.6) is 5.75 Å². The third kappa shape index (κ3) is 3.90. The fourth-order valence-corrected chi connectivity index (χ4v) is 3.88. The number of likely N-dealkylation sites (tertiary alicyclic amines) is 1. The minimum atomic E-state index is 0.112. The van der Waals surface area contributed by atoms with Gasteiger partial charge in [-0.2, -0.15) is 0 Å². The van der Waals surface area contributed by atoms with Crippen molar-refractivity contribution >= 4 is 5.91 Å². The van der Waals surface area contributed by atoms with Gasteiger partial charge in [0.25, 0.3) is 0 Å². The van der Waals surface area contributed by atoms with Crippen molar-refractivity contribution in [3.63, 3.8) is 0 Å². The molecule has 26 heavy (non-hydrogen) atoms. The molecule has 0 unspecified atom stereocenters. The first-order valence-corrected chi connectivity index (χ1v) is 9.17. The minimum Gasteiger partial charge on any atom is -0.489 e. The van der Waals surface area contributed by atoms with Gasteiger partial charge in [0.05, 0.1) is 31.6 Å². The Morgan fingerprint density at radius 2 is 2.19 bits per heavy atom. The molecule has 4 rings (SSSR count). The molecule has 2 aliphatic heterocycles. The van der Waals surface area contributed by atoms with Crippen LogP contribution in [0.1, 0.15) is 25.0 Å². The van der Waals surface area contributed by atoms with E-state index in [1.165, 1.54) is 0 Å². The topological polar surface area (TPSA) is 64.8 Å². The van der Waals surface area contributed by atoms with Crippen LogP contribution in [0.25, 0.3) is 0 Å². The molecule has 1 spiro atoms. The summed E-state index contributed by atoms with van der Waals surface area (Å²) in [4.78, 5) is 18.4. The Bertz CT molecular complexity index is 709. The third-order valence-corrected chi connectivity index (χ3v) is 5.44. The van der Waals surface area contributed by atoms with Crippen LogP contribution in [0.15, 0.2) is 47.3 Å². The first kappa shape index (κ1) is 17.1. The van der Waals surface area contributed by atoms with E-state index in [4.69, 9.17) is 13.9 Å². The highest BCUT2D eigenvalue weighted by Crippen LogP contribution is 2.42. The summed E-state index contributed by atoms with van der Waals surface area (Å²) in [5, 5.41) is 0. The van der Waals surface area contributed by atoms with E-state index in [2.05, 4.69) is 4.98 Å². The predicted molar refractivity (Wildman–Crippen MR) is 94.7 cm³/mol. The number of piperidine rings is 1. The van der Waals surface area contributed by atoms with Gasteiger partial charge in [0.2, 0.25) is 5.91 Å². The molecule has 6 heteroatoms. The molecule has 0 N–H and O–H groups in total. The summed E-state index contributed by atoms with van der Waals surface area (Å²) < 4.78 is 17.0. The maximum Gasteiger partial charge on any atom is 0.230 e. The van der Waals surface area contributed by atoms with E-state index in [0.29, 0.717) is 13.0 Å². The number of ether oxygens (including phenoxy) is 2. The number of nitrogens with zero attached hydrogens (tertiary/aromatic N) is 2. The summed E-state index contributed by atoms with van der Waals surface area (Å²) in [6.07, 6.45) is 8.48. The van der Waals surface area contributed by atoms with Crippen LogP contribution < -0.4 is 4.74 Å². The highest BCUT2D eigenvalue weighted by atomic mass is 16.5. The van der Waals surface area contributed by atoms with Gasteiger partial charge in [-0.25, -0.2) is 0 Å². The zero-order valence-corrected chi connectivity index (χ0v) is 14.8. The Morgan fingerprint density at radius 3 is 2.92 bits per heavy atom. The van der Waals surface area contributed by atoms with Crippen molar-refractivity contribution in [2.45, 2.75) is 31.8 Å². The Balaban J connectivity index is 1.24. The fourth-order valence-electron chi connectivity index (χ4n) is 3.88. The molecule has 0 saturated carbocycles. The first-order valence-electron chi connectivity index (χ1n) is 9.17. The van der Waals surface area contributed by atoms with Crippen LogP contribution in [-0.4, -0.2) is 48.2 Å². The van der Waals surface area contributed by atoms with Crippen LogP contribution in [0.2, 0.25) is 0 Å². The zero-order chi connectivity index (χ0) is 17.8. The van der Waals surface area contributed by atoms with Gasteiger partial charge in [-0.1, -0.05) is 0 Å². The van der Waals surface area contributed by atoms with Crippen LogP contribution >= 0.6 is 0 Å². The lowest BCUT2D eigenvalue weighted by molar-refractivity contribution is -0.133. The van der Waals surface area contributed by atoms with E-state index in [9.17, 15) is 4.79 Å². The standard InChI is InChI=1S/C20H24N2O4/c23-19(11-16-4-2-10-24-16)22-8-5-20(6-9-22)12-18(26-15-20)14-25-17-3-1-7-21-13-17/h1-4,7,10,13,18H,5-6,8-9,11-12,14-15H2/t18-/m1/s1.